The first-order valence-electron chi connectivity index (χ1n) is 3.94. The average molecular weight is 210 g/mol. The van der Waals surface area contributed by atoms with Gasteiger partial charge in [-0.3, -0.25) is 0 Å². The standard InChI is InChI=1S/C9H10N2S2/c1-11(2)6-3-4-7-8(5-6)13-9(12)10-7/h3-5H,1-2H3,(H,10,12). The van der Waals surface area contributed by atoms with E-state index in [0.717, 1.165) is 9.86 Å². The predicted octanol–water partition coefficient (Wildman–Crippen LogP) is 2.65. The topological polar surface area (TPSA) is 16.1 Å². The third kappa shape index (κ3) is 1.64. The lowest BCUT2D eigenvalue weighted by Gasteiger charge is -2.11. The Morgan fingerprint density at radius 2 is 2.15 bits per heavy atom. The van der Waals surface area contributed by atoms with Crippen LogP contribution in [0, 0.1) is 0 Å². The van der Waals surface area contributed by atoms with E-state index in [1.54, 1.807) is 11.3 Å². The number of benzene rings is 1. The van der Waals surface area contributed by atoms with Gasteiger partial charge in [0.1, 0.15) is 4.34 Å². The molecular formula is C9H10N2S2. The molecule has 0 unspecified atom stereocenters. The SMILES string of the molecule is CN(C)c1ccc2nc(S)sc2c1. The molecule has 0 radical (unpaired) electrons. The van der Waals surface area contributed by atoms with E-state index in [1.807, 2.05) is 20.2 Å². The molecule has 1 aromatic carbocycles. The summed E-state index contributed by atoms with van der Waals surface area (Å²) in [5.74, 6) is 0. The first kappa shape index (κ1) is 8.84. The maximum atomic E-state index is 4.28. The Labute approximate surface area is 86.6 Å². The fraction of sp³-hybridized carbons (Fsp3) is 0.222. The number of thiol groups is 1. The summed E-state index contributed by atoms with van der Waals surface area (Å²) in [6.07, 6.45) is 0. The summed E-state index contributed by atoms with van der Waals surface area (Å²) < 4.78 is 2.02. The highest BCUT2D eigenvalue weighted by atomic mass is 32.2. The van der Waals surface area contributed by atoms with Crippen molar-refractivity contribution in [2.45, 2.75) is 4.34 Å². The van der Waals surface area contributed by atoms with Crippen LogP contribution in [-0.4, -0.2) is 19.1 Å². The molecule has 1 aromatic heterocycles. The highest BCUT2D eigenvalue weighted by molar-refractivity contribution is 7.82. The molecule has 0 fully saturated rings. The molecular weight excluding hydrogens is 200 g/mol. The molecule has 2 rings (SSSR count). The third-order valence-corrected chi connectivity index (χ3v) is 3.07. The molecule has 0 atom stereocenters. The normalized spacial score (nSPS) is 10.7. The summed E-state index contributed by atoms with van der Waals surface area (Å²) in [4.78, 5) is 6.36. The zero-order valence-corrected chi connectivity index (χ0v) is 9.19. The molecule has 0 bridgehead atoms. The van der Waals surface area contributed by atoms with E-state index in [2.05, 4.69) is 34.6 Å². The summed E-state index contributed by atoms with van der Waals surface area (Å²) in [6.45, 7) is 0. The molecule has 1 heterocycles. The fourth-order valence-electron chi connectivity index (χ4n) is 1.18. The molecule has 0 aliphatic rings. The third-order valence-electron chi connectivity index (χ3n) is 1.88. The highest BCUT2D eigenvalue weighted by Gasteiger charge is 2.02. The molecule has 0 N–H and O–H groups in total. The van der Waals surface area contributed by atoms with Gasteiger partial charge in [0.15, 0.2) is 0 Å². The summed E-state index contributed by atoms with van der Waals surface area (Å²) in [7, 11) is 4.06. The smallest absolute Gasteiger partial charge is 0.148 e. The van der Waals surface area contributed by atoms with Gasteiger partial charge < -0.3 is 4.90 Å². The van der Waals surface area contributed by atoms with Gasteiger partial charge in [0.05, 0.1) is 10.2 Å². The van der Waals surface area contributed by atoms with E-state index in [9.17, 15) is 0 Å². The second-order valence-electron chi connectivity index (χ2n) is 3.04. The maximum Gasteiger partial charge on any atom is 0.148 e. The Morgan fingerprint density at radius 1 is 1.38 bits per heavy atom. The largest absolute Gasteiger partial charge is 0.378 e. The minimum absolute atomic E-state index is 0.825. The van der Waals surface area contributed by atoms with E-state index in [4.69, 9.17) is 0 Å². The van der Waals surface area contributed by atoms with Crippen molar-refractivity contribution < 1.29 is 0 Å². The lowest BCUT2D eigenvalue weighted by atomic mass is 10.3. The Bertz CT molecular complexity index is 434. The summed E-state index contributed by atoms with van der Waals surface area (Å²) in [6, 6.07) is 6.23. The van der Waals surface area contributed by atoms with Crippen LogP contribution >= 0.6 is 24.0 Å². The molecule has 0 saturated carbocycles. The van der Waals surface area contributed by atoms with E-state index in [0.29, 0.717) is 0 Å². The zero-order chi connectivity index (χ0) is 9.42. The average Bonchev–Trinajstić information content (AvgIpc) is 2.42. The van der Waals surface area contributed by atoms with Crippen molar-refractivity contribution in [2.75, 3.05) is 19.0 Å². The van der Waals surface area contributed by atoms with Crippen LogP contribution in [0.2, 0.25) is 0 Å². The number of fused-ring (bicyclic) bond motifs is 1. The minimum Gasteiger partial charge on any atom is -0.378 e. The maximum absolute atomic E-state index is 4.28. The van der Waals surface area contributed by atoms with Crippen LogP contribution in [0.15, 0.2) is 22.5 Å². The van der Waals surface area contributed by atoms with Crippen LogP contribution in [0.4, 0.5) is 5.69 Å². The number of thiazole rings is 1. The highest BCUT2D eigenvalue weighted by Crippen LogP contribution is 2.27. The van der Waals surface area contributed by atoms with Crippen molar-refractivity contribution in [1.82, 2.24) is 4.98 Å². The molecule has 4 heteroatoms. The number of aromatic nitrogens is 1. The van der Waals surface area contributed by atoms with Gasteiger partial charge in [0.2, 0.25) is 0 Å². The molecule has 0 amide bonds. The lowest BCUT2D eigenvalue weighted by molar-refractivity contribution is 1.13. The van der Waals surface area contributed by atoms with Gasteiger partial charge in [-0.05, 0) is 18.2 Å². The molecule has 13 heavy (non-hydrogen) atoms. The second kappa shape index (κ2) is 3.20. The monoisotopic (exact) mass is 210 g/mol. The predicted molar refractivity (Wildman–Crippen MR) is 61.2 cm³/mol. The van der Waals surface area contributed by atoms with Gasteiger partial charge in [-0.1, -0.05) is 0 Å². The number of hydrogen-bond donors (Lipinski definition) is 1. The number of rotatable bonds is 1. The lowest BCUT2D eigenvalue weighted by Crippen LogP contribution is -2.07. The fourth-order valence-corrected chi connectivity index (χ4v) is 2.32. The van der Waals surface area contributed by atoms with E-state index in [-0.39, 0.29) is 0 Å². The van der Waals surface area contributed by atoms with Gasteiger partial charge in [0, 0.05) is 19.8 Å². The Hall–Kier alpha value is -0.740. The molecule has 2 nitrogen and oxygen atoms in total. The van der Waals surface area contributed by atoms with Gasteiger partial charge in [0.25, 0.3) is 0 Å². The molecule has 68 valence electrons. The molecule has 0 saturated heterocycles. The van der Waals surface area contributed by atoms with E-state index in [1.165, 1.54) is 10.4 Å². The van der Waals surface area contributed by atoms with Crippen LogP contribution in [-0.2, 0) is 0 Å². The van der Waals surface area contributed by atoms with Gasteiger partial charge in [-0.15, -0.1) is 24.0 Å². The number of hydrogen-bond acceptors (Lipinski definition) is 4. The van der Waals surface area contributed by atoms with Crippen molar-refractivity contribution in [1.29, 1.82) is 0 Å². The Balaban J connectivity index is 2.61. The zero-order valence-electron chi connectivity index (χ0n) is 7.48. The van der Waals surface area contributed by atoms with Crippen LogP contribution < -0.4 is 4.90 Å². The Kier molecular flexibility index (Phi) is 2.17. The van der Waals surface area contributed by atoms with Crippen molar-refractivity contribution in [2.24, 2.45) is 0 Å². The van der Waals surface area contributed by atoms with Crippen LogP contribution in [0.25, 0.3) is 10.2 Å². The Morgan fingerprint density at radius 3 is 2.85 bits per heavy atom. The van der Waals surface area contributed by atoms with Crippen LogP contribution in [0.1, 0.15) is 0 Å². The van der Waals surface area contributed by atoms with Crippen molar-refractivity contribution in [3.8, 4) is 0 Å². The van der Waals surface area contributed by atoms with Crippen molar-refractivity contribution in [3.63, 3.8) is 0 Å². The molecule has 0 aliphatic carbocycles. The molecule has 0 spiro atoms. The summed E-state index contributed by atoms with van der Waals surface area (Å²) in [5, 5.41) is 0. The first-order chi connectivity index (χ1) is 6.16. The first-order valence-corrected chi connectivity index (χ1v) is 5.20. The van der Waals surface area contributed by atoms with Crippen LogP contribution in [0.3, 0.4) is 0 Å². The molecule has 2 aromatic rings. The van der Waals surface area contributed by atoms with Crippen LogP contribution in [0.5, 0.6) is 0 Å². The number of anilines is 1. The number of nitrogens with zero attached hydrogens (tertiary/aromatic N) is 2. The summed E-state index contributed by atoms with van der Waals surface area (Å²) >= 11 is 5.83. The van der Waals surface area contributed by atoms with Crippen molar-refractivity contribution >= 4 is 39.9 Å². The van der Waals surface area contributed by atoms with Crippen molar-refractivity contribution in [3.05, 3.63) is 18.2 Å². The van der Waals surface area contributed by atoms with Gasteiger partial charge >= 0.3 is 0 Å². The van der Waals surface area contributed by atoms with E-state index >= 15 is 0 Å². The van der Waals surface area contributed by atoms with E-state index < -0.39 is 0 Å². The molecule has 0 aliphatic heterocycles. The van der Waals surface area contributed by atoms with Gasteiger partial charge in [-0.25, -0.2) is 4.98 Å². The second-order valence-corrected chi connectivity index (χ2v) is 4.80. The minimum atomic E-state index is 0.825. The van der Waals surface area contributed by atoms with Gasteiger partial charge in [-0.2, -0.15) is 0 Å². The summed E-state index contributed by atoms with van der Waals surface area (Å²) in [5.41, 5.74) is 2.23. The quantitative estimate of drug-likeness (QED) is 0.728.